The van der Waals surface area contributed by atoms with Gasteiger partial charge in [0.2, 0.25) is 15.9 Å². The van der Waals surface area contributed by atoms with Crippen molar-refractivity contribution in [1.29, 1.82) is 0 Å². The third kappa shape index (κ3) is 3.98. The fraction of sp³-hybridized carbons (Fsp3) is 0.429. The summed E-state index contributed by atoms with van der Waals surface area (Å²) in [5, 5.41) is 12.3. The molecule has 0 saturated heterocycles. The summed E-state index contributed by atoms with van der Waals surface area (Å²) in [5.41, 5.74) is 2.05. The van der Waals surface area contributed by atoms with Crippen LogP contribution in [0.4, 0.5) is 0 Å². The average molecular weight is 354 g/mol. The molecule has 1 amide bonds. The van der Waals surface area contributed by atoms with Crippen molar-refractivity contribution in [3.05, 3.63) is 34.5 Å². The molecular weight excluding hydrogens is 336 g/mol. The van der Waals surface area contributed by atoms with Crippen molar-refractivity contribution in [3.8, 4) is 0 Å². The molecule has 7 nitrogen and oxygen atoms in total. The van der Waals surface area contributed by atoms with Gasteiger partial charge in [-0.25, -0.2) is 13.6 Å². The third-order valence-corrected chi connectivity index (χ3v) is 6.23. The van der Waals surface area contributed by atoms with Crippen LogP contribution in [-0.4, -0.2) is 24.1 Å². The highest BCUT2D eigenvalue weighted by molar-refractivity contribution is 7.91. The van der Waals surface area contributed by atoms with Gasteiger partial charge < -0.3 is 5.32 Å². The van der Waals surface area contributed by atoms with Crippen LogP contribution in [-0.2, 0) is 34.8 Å². The maximum atomic E-state index is 12.0. The predicted molar refractivity (Wildman–Crippen MR) is 86.4 cm³/mol. The van der Waals surface area contributed by atoms with Crippen LogP contribution in [0, 0.1) is 0 Å². The third-order valence-electron chi connectivity index (χ3n) is 3.71. The van der Waals surface area contributed by atoms with Gasteiger partial charge in [-0.1, -0.05) is 0 Å². The van der Waals surface area contributed by atoms with Gasteiger partial charge in [0.1, 0.15) is 4.21 Å². The van der Waals surface area contributed by atoms with Crippen molar-refractivity contribution < 1.29 is 13.2 Å². The monoisotopic (exact) mass is 354 g/mol. The van der Waals surface area contributed by atoms with Crippen molar-refractivity contribution in [2.24, 2.45) is 12.2 Å². The van der Waals surface area contributed by atoms with Crippen LogP contribution < -0.4 is 10.5 Å². The maximum Gasteiger partial charge on any atom is 0.247 e. The van der Waals surface area contributed by atoms with E-state index in [-0.39, 0.29) is 16.5 Å². The van der Waals surface area contributed by atoms with Crippen molar-refractivity contribution in [2.45, 2.75) is 35.9 Å². The van der Waals surface area contributed by atoms with Crippen molar-refractivity contribution in [2.75, 3.05) is 0 Å². The van der Waals surface area contributed by atoms with Gasteiger partial charge in [-0.15, -0.1) is 11.3 Å². The first-order chi connectivity index (χ1) is 10.8. The summed E-state index contributed by atoms with van der Waals surface area (Å²) in [6, 6.07) is 5.06. The normalized spacial score (nSPS) is 14.9. The molecule has 0 spiro atoms. The standard InChI is InChI=1S/C14H18N4O3S2/c1-18-10(6-12(17-18)9-2-3-9)8-16-13(19)7-11-4-5-14(22-11)23(15,20)21/h4-6,9H,2-3,7-8H2,1H3,(H,16,19)(H2,15,20,21). The van der Waals surface area contributed by atoms with Gasteiger partial charge in [0, 0.05) is 17.8 Å². The molecule has 1 saturated carbocycles. The summed E-state index contributed by atoms with van der Waals surface area (Å²) >= 11 is 1.02. The predicted octanol–water partition coefficient (Wildman–Crippen LogP) is 0.865. The molecule has 0 radical (unpaired) electrons. The molecule has 0 aromatic carbocycles. The zero-order valence-corrected chi connectivity index (χ0v) is 14.3. The van der Waals surface area contributed by atoms with Crippen LogP contribution in [0.3, 0.4) is 0 Å². The lowest BCUT2D eigenvalue weighted by atomic mass is 10.2. The van der Waals surface area contributed by atoms with E-state index in [1.807, 2.05) is 13.1 Å². The minimum atomic E-state index is -3.70. The van der Waals surface area contributed by atoms with Crippen LogP contribution in [0.5, 0.6) is 0 Å². The van der Waals surface area contributed by atoms with Gasteiger partial charge in [0.15, 0.2) is 0 Å². The summed E-state index contributed by atoms with van der Waals surface area (Å²) in [6.07, 6.45) is 2.51. The molecule has 2 aromatic rings. The second-order valence-corrected chi connectivity index (χ2v) is 8.63. The Bertz CT molecular complexity index is 834. The number of nitrogens with two attached hydrogens (primary N) is 1. The molecule has 124 valence electrons. The second-order valence-electron chi connectivity index (χ2n) is 5.68. The molecule has 3 rings (SSSR count). The fourth-order valence-electron chi connectivity index (χ4n) is 2.29. The van der Waals surface area contributed by atoms with E-state index in [1.165, 1.54) is 18.9 Å². The van der Waals surface area contributed by atoms with E-state index in [1.54, 1.807) is 10.7 Å². The topological polar surface area (TPSA) is 107 Å². The number of nitrogens with zero attached hydrogens (tertiary/aromatic N) is 2. The number of aromatic nitrogens is 2. The second kappa shape index (κ2) is 6.06. The van der Waals surface area contributed by atoms with Crippen molar-refractivity contribution >= 4 is 27.3 Å². The molecule has 0 atom stereocenters. The quantitative estimate of drug-likeness (QED) is 0.802. The number of amides is 1. The van der Waals surface area contributed by atoms with E-state index in [9.17, 15) is 13.2 Å². The summed E-state index contributed by atoms with van der Waals surface area (Å²) < 4.78 is 24.3. The molecule has 0 unspecified atom stereocenters. The molecule has 2 heterocycles. The van der Waals surface area contributed by atoms with Gasteiger partial charge in [0.25, 0.3) is 0 Å². The van der Waals surface area contributed by atoms with E-state index in [4.69, 9.17) is 5.14 Å². The minimum Gasteiger partial charge on any atom is -0.350 e. The molecule has 1 aliphatic carbocycles. The lowest BCUT2D eigenvalue weighted by molar-refractivity contribution is -0.120. The van der Waals surface area contributed by atoms with Gasteiger partial charge in [-0.2, -0.15) is 5.10 Å². The lowest BCUT2D eigenvalue weighted by Gasteiger charge is -2.04. The Labute approximate surface area is 138 Å². The highest BCUT2D eigenvalue weighted by Crippen LogP contribution is 2.39. The van der Waals surface area contributed by atoms with Crippen LogP contribution in [0.2, 0.25) is 0 Å². The zero-order chi connectivity index (χ0) is 16.6. The summed E-state index contributed by atoms with van der Waals surface area (Å²) in [6.45, 7) is 0.405. The smallest absolute Gasteiger partial charge is 0.247 e. The molecule has 1 aliphatic rings. The van der Waals surface area contributed by atoms with Crippen molar-refractivity contribution in [3.63, 3.8) is 0 Å². The molecular formula is C14H18N4O3S2. The largest absolute Gasteiger partial charge is 0.350 e. The van der Waals surface area contributed by atoms with Crippen LogP contribution in [0.1, 0.15) is 35.0 Å². The number of thiophene rings is 1. The Morgan fingerprint density at radius 2 is 2.22 bits per heavy atom. The van der Waals surface area contributed by atoms with Crippen LogP contribution in [0.15, 0.2) is 22.4 Å². The fourth-order valence-corrected chi connectivity index (χ4v) is 4.07. The van der Waals surface area contributed by atoms with Gasteiger partial charge >= 0.3 is 0 Å². The summed E-state index contributed by atoms with van der Waals surface area (Å²) in [4.78, 5) is 12.7. The zero-order valence-electron chi connectivity index (χ0n) is 12.7. The number of carbonyl (C=O) groups excluding carboxylic acids is 1. The van der Waals surface area contributed by atoms with Crippen LogP contribution >= 0.6 is 11.3 Å². The Balaban J connectivity index is 1.56. The van der Waals surface area contributed by atoms with Crippen LogP contribution in [0.25, 0.3) is 0 Å². The number of hydrogen-bond donors (Lipinski definition) is 2. The molecule has 3 N–H and O–H groups in total. The number of nitrogens with one attached hydrogen (secondary N) is 1. The van der Waals surface area contributed by atoms with E-state index in [0.29, 0.717) is 17.3 Å². The molecule has 9 heteroatoms. The Morgan fingerprint density at radius 1 is 1.48 bits per heavy atom. The highest BCUT2D eigenvalue weighted by atomic mass is 32.2. The first kappa shape index (κ1) is 16.2. The van der Waals surface area contributed by atoms with E-state index in [0.717, 1.165) is 22.7 Å². The van der Waals surface area contributed by atoms with Gasteiger partial charge in [-0.3, -0.25) is 9.48 Å². The molecule has 23 heavy (non-hydrogen) atoms. The SMILES string of the molecule is Cn1nc(C2CC2)cc1CNC(=O)Cc1ccc(S(N)(=O)=O)s1. The van der Waals surface area contributed by atoms with Gasteiger partial charge in [0.05, 0.1) is 24.4 Å². The number of primary sulfonamides is 1. The van der Waals surface area contributed by atoms with E-state index >= 15 is 0 Å². The highest BCUT2D eigenvalue weighted by Gasteiger charge is 2.26. The van der Waals surface area contributed by atoms with E-state index < -0.39 is 10.0 Å². The molecule has 0 bridgehead atoms. The van der Waals surface area contributed by atoms with E-state index in [2.05, 4.69) is 10.4 Å². The Kier molecular flexibility index (Phi) is 4.26. The van der Waals surface area contributed by atoms with Crippen molar-refractivity contribution in [1.82, 2.24) is 15.1 Å². The summed E-state index contributed by atoms with van der Waals surface area (Å²) in [7, 11) is -1.84. The molecule has 0 aliphatic heterocycles. The number of aryl methyl sites for hydroxylation is 1. The maximum absolute atomic E-state index is 12.0. The molecule has 1 fully saturated rings. The number of hydrogen-bond acceptors (Lipinski definition) is 5. The molecule has 2 aromatic heterocycles. The number of sulfonamides is 1. The number of carbonyl (C=O) groups is 1. The van der Waals surface area contributed by atoms with Gasteiger partial charge in [-0.05, 0) is 31.0 Å². The summed E-state index contributed by atoms with van der Waals surface area (Å²) in [5.74, 6) is 0.412. The Morgan fingerprint density at radius 3 is 2.83 bits per heavy atom. The first-order valence-corrected chi connectivity index (χ1v) is 9.60. The number of rotatable bonds is 6. The average Bonchev–Trinajstić information content (AvgIpc) is 3.08. The lowest BCUT2D eigenvalue weighted by Crippen LogP contribution is -2.25. The first-order valence-electron chi connectivity index (χ1n) is 7.24. The Hall–Kier alpha value is -1.71. The minimum absolute atomic E-state index is 0.0704.